The topological polar surface area (TPSA) is 67.3 Å². The van der Waals surface area contributed by atoms with Gasteiger partial charge >= 0.3 is 0 Å². The second kappa shape index (κ2) is 9.28. The summed E-state index contributed by atoms with van der Waals surface area (Å²) in [7, 11) is 1.55. The Bertz CT molecular complexity index is 805. The number of nitrogens with one attached hydrogen (secondary N) is 1. The average Bonchev–Trinajstić information content (AvgIpc) is 2.67. The number of methoxy groups -OCH3 is 1. The van der Waals surface area contributed by atoms with Crippen LogP contribution in [0.4, 0.5) is 11.5 Å². The Labute approximate surface area is 168 Å². The van der Waals surface area contributed by atoms with E-state index in [2.05, 4.69) is 27.1 Å². The fraction of sp³-hybridized carbons (Fsp3) is 0.421. The van der Waals surface area contributed by atoms with Crippen LogP contribution in [0.2, 0.25) is 5.02 Å². The van der Waals surface area contributed by atoms with E-state index >= 15 is 0 Å². The van der Waals surface area contributed by atoms with Crippen LogP contribution >= 0.6 is 23.4 Å². The van der Waals surface area contributed by atoms with E-state index in [4.69, 9.17) is 16.3 Å². The minimum atomic E-state index is -0.146. The second-order valence-electron chi connectivity index (χ2n) is 6.43. The van der Waals surface area contributed by atoms with Crippen molar-refractivity contribution in [2.45, 2.75) is 37.3 Å². The first-order chi connectivity index (χ1) is 13.1. The van der Waals surface area contributed by atoms with Crippen LogP contribution in [0.5, 0.6) is 5.75 Å². The monoisotopic (exact) mass is 406 g/mol. The van der Waals surface area contributed by atoms with Crippen LogP contribution in [0.15, 0.2) is 35.6 Å². The summed E-state index contributed by atoms with van der Waals surface area (Å²) in [6.07, 6.45) is 5.19. The van der Waals surface area contributed by atoms with Crippen molar-refractivity contribution >= 4 is 40.8 Å². The molecule has 1 aromatic carbocycles. The number of carbonyl (C=O) groups is 1. The van der Waals surface area contributed by atoms with Crippen LogP contribution in [0, 0.1) is 0 Å². The number of hydrogen-bond acceptors (Lipinski definition) is 6. The quantitative estimate of drug-likeness (QED) is 0.571. The van der Waals surface area contributed by atoms with E-state index in [1.807, 2.05) is 6.07 Å². The Kier molecular flexibility index (Phi) is 6.79. The minimum Gasteiger partial charge on any atom is -0.495 e. The van der Waals surface area contributed by atoms with E-state index in [1.54, 1.807) is 31.6 Å². The molecule has 0 unspecified atom stereocenters. The number of piperidine rings is 1. The van der Waals surface area contributed by atoms with Crippen molar-refractivity contribution in [3.05, 3.63) is 35.6 Å². The van der Waals surface area contributed by atoms with Crippen molar-refractivity contribution in [3.8, 4) is 5.75 Å². The molecule has 27 heavy (non-hydrogen) atoms. The van der Waals surface area contributed by atoms with E-state index in [0.717, 1.165) is 17.4 Å². The van der Waals surface area contributed by atoms with Gasteiger partial charge in [-0.25, -0.2) is 9.97 Å². The largest absolute Gasteiger partial charge is 0.495 e. The Balaban J connectivity index is 1.61. The summed E-state index contributed by atoms with van der Waals surface area (Å²) >= 11 is 7.38. The lowest BCUT2D eigenvalue weighted by molar-refractivity contribution is -0.113. The molecule has 3 rings (SSSR count). The molecule has 8 heteroatoms. The number of rotatable bonds is 6. The van der Waals surface area contributed by atoms with Crippen LogP contribution in [-0.2, 0) is 4.79 Å². The van der Waals surface area contributed by atoms with Gasteiger partial charge in [0.15, 0.2) is 0 Å². The zero-order valence-electron chi connectivity index (χ0n) is 15.4. The standard InChI is InChI=1S/C19H23ClN4O2S/c1-13-5-3-4-8-24(13)17-10-19(22-12-21-17)27-11-18(25)23-15-9-14(20)6-7-16(15)26-2/h6-7,9-10,12-13H,3-5,8,11H2,1-2H3,(H,23,25)/t13-/m0/s1. The highest BCUT2D eigenvalue weighted by Gasteiger charge is 2.20. The molecule has 2 aromatic rings. The number of carbonyl (C=O) groups excluding carboxylic acids is 1. The van der Waals surface area contributed by atoms with Crippen molar-refractivity contribution in [1.29, 1.82) is 0 Å². The Morgan fingerprint density at radius 2 is 2.22 bits per heavy atom. The summed E-state index contributed by atoms with van der Waals surface area (Å²) in [6.45, 7) is 3.23. The van der Waals surface area contributed by atoms with Gasteiger partial charge in [0.1, 0.15) is 22.9 Å². The van der Waals surface area contributed by atoms with Gasteiger partial charge in [0.2, 0.25) is 5.91 Å². The SMILES string of the molecule is COc1ccc(Cl)cc1NC(=O)CSc1cc(N2CCCC[C@@H]2C)ncn1. The highest BCUT2D eigenvalue weighted by Crippen LogP contribution is 2.29. The fourth-order valence-corrected chi connectivity index (χ4v) is 3.94. The van der Waals surface area contributed by atoms with Crippen molar-refractivity contribution < 1.29 is 9.53 Å². The first-order valence-corrected chi connectivity index (χ1v) is 10.3. The van der Waals surface area contributed by atoms with Crippen molar-refractivity contribution in [2.75, 3.05) is 29.6 Å². The number of thioether (sulfide) groups is 1. The van der Waals surface area contributed by atoms with Gasteiger partial charge in [0.25, 0.3) is 0 Å². The van der Waals surface area contributed by atoms with Gasteiger partial charge in [-0.05, 0) is 44.4 Å². The summed E-state index contributed by atoms with van der Waals surface area (Å²) in [5.74, 6) is 1.59. The third-order valence-electron chi connectivity index (χ3n) is 4.51. The van der Waals surface area contributed by atoms with Crippen LogP contribution < -0.4 is 15.0 Å². The van der Waals surface area contributed by atoms with Crippen molar-refractivity contribution in [1.82, 2.24) is 9.97 Å². The minimum absolute atomic E-state index is 0.146. The summed E-state index contributed by atoms with van der Waals surface area (Å²) in [4.78, 5) is 23.3. The van der Waals surface area contributed by atoms with Gasteiger partial charge in [-0.3, -0.25) is 4.79 Å². The van der Waals surface area contributed by atoms with Gasteiger partial charge in [-0.1, -0.05) is 23.4 Å². The first kappa shape index (κ1) is 19.8. The predicted octanol–water partition coefficient (Wildman–Crippen LogP) is 4.25. The average molecular weight is 407 g/mol. The molecule has 144 valence electrons. The molecule has 6 nitrogen and oxygen atoms in total. The molecule has 2 heterocycles. The van der Waals surface area contributed by atoms with Crippen molar-refractivity contribution in [2.24, 2.45) is 0 Å². The summed E-state index contributed by atoms with van der Waals surface area (Å²) < 4.78 is 5.25. The lowest BCUT2D eigenvalue weighted by Crippen LogP contribution is -2.38. The lowest BCUT2D eigenvalue weighted by atomic mass is 10.0. The van der Waals surface area contributed by atoms with E-state index in [9.17, 15) is 4.79 Å². The Morgan fingerprint density at radius 1 is 1.37 bits per heavy atom. The highest BCUT2D eigenvalue weighted by atomic mass is 35.5. The number of ether oxygens (including phenoxy) is 1. The molecule has 0 bridgehead atoms. The molecule has 0 aliphatic carbocycles. The number of benzene rings is 1. The first-order valence-electron chi connectivity index (χ1n) is 8.91. The van der Waals surface area contributed by atoms with Gasteiger partial charge in [0, 0.05) is 23.7 Å². The Morgan fingerprint density at radius 3 is 3.00 bits per heavy atom. The zero-order valence-corrected chi connectivity index (χ0v) is 17.0. The normalized spacial score (nSPS) is 16.9. The molecule has 1 aromatic heterocycles. The molecule has 1 saturated heterocycles. The number of hydrogen-bond donors (Lipinski definition) is 1. The number of nitrogens with zero attached hydrogens (tertiary/aromatic N) is 3. The maximum Gasteiger partial charge on any atom is 0.234 e. The number of halogens is 1. The Hall–Kier alpha value is -1.99. The van der Waals surface area contributed by atoms with Crippen LogP contribution in [-0.4, -0.2) is 41.3 Å². The molecule has 0 radical (unpaired) electrons. The molecule has 0 saturated carbocycles. The number of anilines is 2. The molecular weight excluding hydrogens is 384 g/mol. The number of aromatic nitrogens is 2. The number of amides is 1. The molecule has 1 aliphatic heterocycles. The zero-order chi connectivity index (χ0) is 19.2. The summed E-state index contributed by atoms with van der Waals surface area (Å²) in [5.41, 5.74) is 0.557. The molecular formula is C19H23ClN4O2S. The van der Waals surface area contributed by atoms with Gasteiger partial charge in [0.05, 0.1) is 18.6 Å². The lowest BCUT2D eigenvalue weighted by Gasteiger charge is -2.34. The van der Waals surface area contributed by atoms with E-state index in [-0.39, 0.29) is 11.7 Å². The molecule has 1 amide bonds. The summed E-state index contributed by atoms with van der Waals surface area (Å²) in [6, 6.07) is 7.55. The third kappa shape index (κ3) is 5.26. The van der Waals surface area contributed by atoms with Crippen LogP contribution in [0.1, 0.15) is 26.2 Å². The maximum atomic E-state index is 12.3. The van der Waals surface area contributed by atoms with Crippen LogP contribution in [0.3, 0.4) is 0 Å². The second-order valence-corrected chi connectivity index (χ2v) is 7.87. The van der Waals surface area contributed by atoms with Gasteiger partial charge in [-0.2, -0.15) is 0 Å². The molecule has 0 spiro atoms. The maximum absolute atomic E-state index is 12.3. The van der Waals surface area contributed by atoms with Crippen molar-refractivity contribution in [3.63, 3.8) is 0 Å². The van der Waals surface area contributed by atoms with Gasteiger partial charge < -0.3 is 15.0 Å². The van der Waals surface area contributed by atoms with Crippen LogP contribution in [0.25, 0.3) is 0 Å². The molecule has 1 aliphatic rings. The molecule has 1 fully saturated rings. The molecule has 1 atom stereocenters. The summed E-state index contributed by atoms with van der Waals surface area (Å²) in [5, 5.41) is 4.15. The van der Waals surface area contributed by atoms with E-state index in [1.165, 1.54) is 31.0 Å². The third-order valence-corrected chi connectivity index (χ3v) is 5.67. The van der Waals surface area contributed by atoms with E-state index in [0.29, 0.717) is 22.5 Å². The van der Waals surface area contributed by atoms with Gasteiger partial charge in [-0.15, -0.1) is 0 Å². The highest BCUT2D eigenvalue weighted by molar-refractivity contribution is 7.99. The van der Waals surface area contributed by atoms with E-state index < -0.39 is 0 Å². The predicted molar refractivity (Wildman–Crippen MR) is 110 cm³/mol. The smallest absolute Gasteiger partial charge is 0.234 e. The molecule has 1 N–H and O–H groups in total. The fourth-order valence-electron chi connectivity index (χ4n) is 3.11.